The van der Waals surface area contributed by atoms with Crippen LogP contribution in [0, 0.1) is 6.92 Å². The van der Waals surface area contributed by atoms with Crippen LogP contribution in [0.2, 0.25) is 0 Å². The Morgan fingerprint density at radius 2 is 2.21 bits per heavy atom. The molecule has 1 aliphatic rings. The number of imidazole rings is 1. The van der Waals surface area contributed by atoms with E-state index in [1.807, 2.05) is 19.3 Å². The van der Waals surface area contributed by atoms with Gasteiger partial charge in [0.25, 0.3) is 0 Å². The molecule has 0 saturated heterocycles. The van der Waals surface area contributed by atoms with Crippen molar-refractivity contribution in [1.29, 1.82) is 0 Å². The SMILES string of the molecule is COc1cc(-c2nc(Cn3ccnc3C3CC3)c(C)o2)ccc1O. The topological polar surface area (TPSA) is 73.3 Å². The van der Waals surface area contributed by atoms with E-state index in [2.05, 4.69) is 14.5 Å². The van der Waals surface area contributed by atoms with Gasteiger partial charge in [0.2, 0.25) is 5.89 Å². The summed E-state index contributed by atoms with van der Waals surface area (Å²) in [7, 11) is 1.52. The van der Waals surface area contributed by atoms with Crippen LogP contribution in [0.25, 0.3) is 11.5 Å². The third kappa shape index (κ3) is 2.64. The summed E-state index contributed by atoms with van der Waals surface area (Å²) in [6, 6.07) is 5.06. The normalized spacial score (nSPS) is 14.1. The first-order chi connectivity index (χ1) is 11.7. The van der Waals surface area contributed by atoms with Crippen molar-refractivity contribution in [1.82, 2.24) is 14.5 Å². The number of oxazole rings is 1. The fraction of sp³-hybridized carbons (Fsp3) is 0.333. The van der Waals surface area contributed by atoms with Gasteiger partial charge in [0.05, 0.1) is 13.7 Å². The van der Waals surface area contributed by atoms with E-state index >= 15 is 0 Å². The lowest BCUT2D eigenvalue weighted by atomic mass is 10.2. The Hall–Kier alpha value is -2.76. The van der Waals surface area contributed by atoms with Gasteiger partial charge in [-0.2, -0.15) is 0 Å². The summed E-state index contributed by atoms with van der Waals surface area (Å²) in [5.74, 6) is 3.52. The Bertz CT molecular complexity index is 878. The van der Waals surface area contributed by atoms with Gasteiger partial charge >= 0.3 is 0 Å². The molecule has 1 aliphatic carbocycles. The number of rotatable bonds is 5. The van der Waals surface area contributed by atoms with Crippen LogP contribution < -0.4 is 4.74 Å². The lowest BCUT2D eigenvalue weighted by Crippen LogP contribution is -2.04. The average molecular weight is 325 g/mol. The van der Waals surface area contributed by atoms with Crippen LogP contribution in [0.4, 0.5) is 0 Å². The highest BCUT2D eigenvalue weighted by atomic mass is 16.5. The van der Waals surface area contributed by atoms with Crippen molar-refractivity contribution in [2.75, 3.05) is 7.11 Å². The van der Waals surface area contributed by atoms with Gasteiger partial charge in [-0.1, -0.05) is 0 Å². The summed E-state index contributed by atoms with van der Waals surface area (Å²) in [6.45, 7) is 2.56. The van der Waals surface area contributed by atoms with Gasteiger partial charge in [0.15, 0.2) is 11.5 Å². The molecule has 0 unspecified atom stereocenters. The average Bonchev–Trinajstić information content (AvgIpc) is 3.22. The highest BCUT2D eigenvalue weighted by Gasteiger charge is 2.28. The Balaban J connectivity index is 1.63. The maximum atomic E-state index is 9.71. The van der Waals surface area contributed by atoms with E-state index in [4.69, 9.17) is 9.15 Å². The minimum absolute atomic E-state index is 0.0947. The Morgan fingerprint density at radius 1 is 1.38 bits per heavy atom. The molecule has 2 heterocycles. The summed E-state index contributed by atoms with van der Waals surface area (Å²) in [4.78, 5) is 9.09. The molecule has 2 aromatic heterocycles. The zero-order chi connectivity index (χ0) is 16.7. The molecule has 6 nitrogen and oxygen atoms in total. The van der Waals surface area contributed by atoms with E-state index in [9.17, 15) is 5.11 Å². The second-order valence-electron chi connectivity index (χ2n) is 6.10. The maximum absolute atomic E-state index is 9.71. The number of aromatic hydroxyl groups is 1. The van der Waals surface area contributed by atoms with Gasteiger partial charge in [-0.15, -0.1) is 0 Å². The van der Waals surface area contributed by atoms with Crippen LogP contribution in [0.5, 0.6) is 11.5 Å². The molecule has 6 heteroatoms. The first-order valence-electron chi connectivity index (χ1n) is 8.00. The molecular weight excluding hydrogens is 306 g/mol. The largest absolute Gasteiger partial charge is 0.504 e. The van der Waals surface area contributed by atoms with Crippen molar-refractivity contribution >= 4 is 0 Å². The first-order valence-corrected chi connectivity index (χ1v) is 8.00. The summed E-state index contributed by atoms with van der Waals surface area (Å²) >= 11 is 0. The van der Waals surface area contributed by atoms with Crippen molar-refractivity contribution in [2.24, 2.45) is 0 Å². The molecule has 1 saturated carbocycles. The quantitative estimate of drug-likeness (QED) is 0.777. The smallest absolute Gasteiger partial charge is 0.226 e. The third-order valence-electron chi connectivity index (χ3n) is 4.33. The predicted octanol–water partition coefficient (Wildman–Crippen LogP) is 3.49. The summed E-state index contributed by atoms with van der Waals surface area (Å²) < 4.78 is 13.1. The van der Waals surface area contributed by atoms with Crippen LogP contribution >= 0.6 is 0 Å². The first kappa shape index (κ1) is 14.8. The van der Waals surface area contributed by atoms with E-state index < -0.39 is 0 Å². The van der Waals surface area contributed by atoms with E-state index in [0.717, 1.165) is 22.8 Å². The molecule has 24 heavy (non-hydrogen) atoms. The third-order valence-corrected chi connectivity index (χ3v) is 4.33. The van der Waals surface area contributed by atoms with Crippen LogP contribution in [-0.2, 0) is 6.54 Å². The van der Waals surface area contributed by atoms with E-state index in [0.29, 0.717) is 24.1 Å². The second kappa shape index (κ2) is 5.70. The van der Waals surface area contributed by atoms with Crippen LogP contribution in [0.15, 0.2) is 35.0 Å². The fourth-order valence-corrected chi connectivity index (χ4v) is 2.83. The molecule has 1 fully saturated rings. The number of phenolic OH excluding ortho intramolecular Hbond substituents is 1. The molecule has 4 rings (SSSR count). The van der Waals surface area contributed by atoms with Crippen molar-refractivity contribution in [2.45, 2.75) is 32.2 Å². The van der Waals surface area contributed by atoms with Crippen LogP contribution in [0.1, 0.15) is 36.0 Å². The number of nitrogens with zero attached hydrogens (tertiary/aromatic N) is 3. The van der Waals surface area contributed by atoms with Crippen molar-refractivity contribution < 1.29 is 14.3 Å². The molecule has 0 spiro atoms. The summed E-state index contributed by atoms with van der Waals surface area (Å²) in [5, 5.41) is 9.71. The molecule has 0 radical (unpaired) electrons. The summed E-state index contributed by atoms with van der Waals surface area (Å²) in [5.41, 5.74) is 1.66. The van der Waals surface area contributed by atoms with Gasteiger partial charge < -0.3 is 18.8 Å². The molecule has 1 aromatic carbocycles. The molecule has 0 atom stereocenters. The number of phenols is 1. The molecule has 0 amide bonds. The van der Waals surface area contributed by atoms with Gasteiger partial charge in [0, 0.05) is 23.9 Å². The number of hydrogen-bond donors (Lipinski definition) is 1. The lowest BCUT2D eigenvalue weighted by molar-refractivity contribution is 0.373. The molecule has 3 aromatic rings. The Kier molecular flexibility index (Phi) is 3.52. The number of benzene rings is 1. The molecule has 0 bridgehead atoms. The predicted molar refractivity (Wildman–Crippen MR) is 88.2 cm³/mol. The van der Waals surface area contributed by atoms with Crippen LogP contribution in [0.3, 0.4) is 0 Å². The van der Waals surface area contributed by atoms with Crippen LogP contribution in [-0.4, -0.2) is 26.8 Å². The zero-order valence-electron chi connectivity index (χ0n) is 13.7. The number of hydrogen-bond acceptors (Lipinski definition) is 5. The van der Waals surface area contributed by atoms with Gasteiger partial charge in [-0.3, -0.25) is 0 Å². The van der Waals surface area contributed by atoms with Crippen molar-refractivity contribution in [3.05, 3.63) is 47.9 Å². The van der Waals surface area contributed by atoms with Crippen molar-refractivity contribution in [3.63, 3.8) is 0 Å². The highest BCUT2D eigenvalue weighted by Crippen LogP contribution is 2.39. The van der Waals surface area contributed by atoms with E-state index in [-0.39, 0.29) is 5.75 Å². The Morgan fingerprint density at radius 3 is 2.96 bits per heavy atom. The fourth-order valence-electron chi connectivity index (χ4n) is 2.83. The second-order valence-corrected chi connectivity index (χ2v) is 6.10. The minimum atomic E-state index is 0.0947. The maximum Gasteiger partial charge on any atom is 0.226 e. The number of aromatic nitrogens is 3. The molecule has 124 valence electrons. The minimum Gasteiger partial charge on any atom is -0.504 e. The van der Waals surface area contributed by atoms with E-state index in [1.165, 1.54) is 20.0 Å². The van der Waals surface area contributed by atoms with Gasteiger partial charge in [-0.05, 0) is 38.0 Å². The standard InChI is InChI=1S/C18H19N3O3/c1-11-14(10-21-8-7-19-17(21)12-3-4-12)20-18(24-11)13-5-6-15(22)16(9-13)23-2/h5-9,12,22H,3-4,10H2,1-2H3. The summed E-state index contributed by atoms with van der Waals surface area (Å²) in [6.07, 6.45) is 6.26. The van der Waals surface area contributed by atoms with Crippen molar-refractivity contribution in [3.8, 4) is 23.0 Å². The van der Waals surface area contributed by atoms with Gasteiger partial charge in [-0.25, -0.2) is 9.97 Å². The highest BCUT2D eigenvalue weighted by molar-refractivity contribution is 5.60. The monoisotopic (exact) mass is 325 g/mol. The van der Waals surface area contributed by atoms with E-state index in [1.54, 1.807) is 18.2 Å². The molecule has 0 aliphatic heterocycles. The lowest BCUT2D eigenvalue weighted by Gasteiger charge is -2.05. The zero-order valence-corrected chi connectivity index (χ0v) is 13.7. The molecular formula is C18H19N3O3. The molecule has 1 N–H and O–H groups in total. The number of methoxy groups -OCH3 is 1. The van der Waals surface area contributed by atoms with Gasteiger partial charge in [0.1, 0.15) is 17.3 Å². The Labute approximate surface area is 139 Å². The number of ether oxygens (including phenoxy) is 1. The number of aryl methyl sites for hydroxylation is 1.